The Morgan fingerprint density at radius 1 is 1.35 bits per heavy atom. The smallest absolute Gasteiger partial charge is 0.229 e. The third-order valence-electron chi connectivity index (χ3n) is 4.73. The van der Waals surface area contributed by atoms with E-state index >= 15 is 0 Å². The van der Waals surface area contributed by atoms with Crippen molar-refractivity contribution >= 4 is 11.6 Å². The number of fused-ring (bicyclic) bond motifs is 2. The van der Waals surface area contributed by atoms with Crippen LogP contribution in [0.3, 0.4) is 0 Å². The van der Waals surface area contributed by atoms with Gasteiger partial charge in [-0.15, -0.1) is 0 Å². The van der Waals surface area contributed by atoms with E-state index < -0.39 is 0 Å². The molecular formula is C16H22N2O2. The third kappa shape index (κ3) is 2.29. The zero-order valence-corrected chi connectivity index (χ0v) is 11.8. The van der Waals surface area contributed by atoms with Crippen molar-refractivity contribution in [1.82, 2.24) is 0 Å². The van der Waals surface area contributed by atoms with E-state index in [1.54, 1.807) is 0 Å². The highest BCUT2D eigenvalue weighted by molar-refractivity contribution is 5.95. The monoisotopic (exact) mass is 274 g/mol. The summed E-state index contributed by atoms with van der Waals surface area (Å²) in [4.78, 5) is 12.5. The van der Waals surface area contributed by atoms with Crippen molar-refractivity contribution in [1.29, 1.82) is 0 Å². The maximum absolute atomic E-state index is 12.5. The van der Waals surface area contributed by atoms with Crippen LogP contribution in [0, 0.1) is 17.8 Å². The minimum absolute atomic E-state index is 0.0213. The number of nitrogens with two attached hydrogens (primary N) is 1. The number of carbonyl (C=O) groups excluding carboxylic acids is 1. The van der Waals surface area contributed by atoms with Gasteiger partial charge in [0.2, 0.25) is 5.91 Å². The Labute approximate surface area is 119 Å². The second-order valence-electron chi connectivity index (χ2n) is 5.85. The van der Waals surface area contributed by atoms with E-state index in [1.165, 1.54) is 6.42 Å². The zero-order chi connectivity index (χ0) is 14.1. The Hall–Kier alpha value is -1.55. The molecule has 2 saturated carbocycles. The summed E-state index contributed by atoms with van der Waals surface area (Å²) in [5.74, 6) is 1.74. The summed E-state index contributed by atoms with van der Waals surface area (Å²) >= 11 is 0. The lowest BCUT2D eigenvalue weighted by molar-refractivity contribution is -0.121. The Balaban J connectivity index is 1.73. The first kappa shape index (κ1) is 13.4. The normalized spacial score (nSPS) is 31.3. The number of para-hydroxylation sites is 2. The molecule has 2 fully saturated rings. The molecule has 2 aliphatic carbocycles. The van der Waals surface area contributed by atoms with Crippen LogP contribution in [-0.4, -0.2) is 18.6 Å². The Kier molecular flexibility index (Phi) is 3.66. The maximum atomic E-state index is 12.5. The molecule has 1 amide bonds. The second-order valence-corrected chi connectivity index (χ2v) is 5.85. The van der Waals surface area contributed by atoms with Gasteiger partial charge in [-0.1, -0.05) is 12.1 Å². The summed E-state index contributed by atoms with van der Waals surface area (Å²) < 4.78 is 5.54. The van der Waals surface area contributed by atoms with Crippen molar-refractivity contribution in [3.05, 3.63) is 24.3 Å². The number of anilines is 1. The number of carbonyl (C=O) groups is 1. The summed E-state index contributed by atoms with van der Waals surface area (Å²) in [5, 5.41) is 3.01. The first-order valence-corrected chi connectivity index (χ1v) is 7.49. The number of hydrogen-bond donors (Lipinski definition) is 2. The SMILES string of the molecule is CCOc1ccccc1NC(=O)C1C2CCC(C2)C1N. The van der Waals surface area contributed by atoms with Gasteiger partial charge in [-0.3, -0.25) is 4.79 Å². The molecular weight excluding hydrogens is 252 g/mol. The molecule has 0 saturated heterocycles. The number of hydrogen-bond acceptors (Lipinski definition) is 3. The third-order valence-corrected chi connectivity index (χ3v) is 4.73. The van der Waals surface area contributed by atoms with Gasteiger partial charge in [0.1, 0.15) is 5.75 Å². The summed E-state index contributed by atoms with van der Waals surface area (Å²) in [6.07, 6.45) is 3.45. The van der Waals surface area contributed by atoms with E-state index in [9.17, 15) is 4.79 Å². The Morgan fingerprint density at radius 3 is 2.80 bits per heavy atom. The number of ether oxygens (including phenoxy) is 1. The van der Waals surface area contributed by atoms with E-state index in [4.69, 9.17) is 10.5 Å². The van der Waals surface area contributed by atoms with Crippen molar-refractivity contribution in [3.8, 4) is 5.75 Å². The van der Waals surface area contributed by atoms with Crippen LogP contribution in [0.15, 0.2) is 24.3 Å². The van der Waals surface area contributed by atoms with Crippen LogP contribution in [0.4, 0.5) is 5.69 Å². The molecule has 4 nitrogen and oxygen atoms in total. The van der Waals surface area contributed by atoms with Crippen molar-refractivity contribution in [2.45, 2.75) is 32.2 Å². The van der Waals surface area contributed by atoms with Gasteiger partial charge in [-0.05, 0) is 50.2 Å². The molecule has 2 aliphatic rings. The van der Waals surface area contributed by atoms with Gasteiger partial charge < -0.3 is 15.8 Å². The van der Waals surface area contributed by atoms with Gasteiger partial charge in [0.25, 0.3) is 0 Å². The van der Waals surface area contributed by atoms with Gasteiger partial charge in [0.15, 0.2) is 0 Å². The minimum Gasteiger partial charge on any atom is -0.492 e. The fourth-order valence-corrected chi connectivity index (χ4v) is 3.79. The van der Waals surface area contributed by atoms with Gasteiger partial charge in [-0.2, -0.15) is 0 Å². The highest BCUT2D eigenvalue weighted by Gasteiger charge is 2.49. The fourth-order valence-electron chi connectivity index (χ4n) is 3.79. The molecule has 108 valence electrons. The highest BCUT2D eigenvalue weighted by Crippen LogP contribution is 2.48. The molecule has 3 rings (SSSR count). The molecule has 0 aliphatic heterocycles. The number of benzene rings is 1. The topological polar surface area (TPSA) is 64.3 Å². The van der Waals surface area contributed by atoms with Gasteiger partial charge in [0, 0.05) is 6.04 Å². The molecule has 0 heterocycles. The van der Waals surface area contributed by atoms with Crippen LogP contribution in [0.5, 0.6) is 5.75 Å². The first-order valence-electron chi connectivity index (χ1n) is 7.49. The van der Waals surface area contributed by atoms with Crippen LogP contribution in [0.25, 0.3) is 0 Å². The van der Waals surface area contributed by atoms with Gasteiger partial charge in [0.05, 0.1) is 18.2 Å². The zero-order valence-electron chi connectivity index (χ0n) is 11.8. The first-order chi connectivity index (χ1) is 9.70. The van der Waals surface area contributed by atoms with Crippen molar-refractivity contribution < 1.29 is 9.53 Å². The summed E-state index contributed by atoms with van der Waals surface area (Å²) in [5.41, 5.74) is 6.97. The van der Waals surface area contributed by atoms with E-state index in [1.807, 2.05) is 31.2 Å². The molecule has 0 aromatic heterocycles. The van der Waals surface area contributed by atoms with Crippen molar-refractivity contribution in [3.63, 3.8) is 0 Å². The Morgan fingerprint density at radius 2 is 2.10 bits per heavy atom. The molecule has 3 N–H and O–H groups in total. The van der Waals surface area contributed by atoms with Crippen LogP contribution in [0.2, 0.25) is 0 Å². The summed E-state index contributed by atoms with van der Waals surface area (Å²) in [6.45, 7) is 2.52. The van der Waals surface area contributed by atoms with Gasteiger partial charge >= 0.3 is 0 Å². The summed E-state index contributed by atoms with van der Waals surface area (Å²) in [7, 11) is 0. The lowest BCUT2D eigenvalue weighted by Crippen LogP contribution is -2.42. The number of rotatable bonds is 4. The Bertz CT molecular complexity index is 501. The average molecular weight is 274 g/mol. The van der Waals surface area contributed by atoms with Crippen LogP contribution in [0.1, 0.15) is 26.2 Å². The fraction of sp³-hybridized carbons (Fsp3) is 0.562. The van der Waals surface area contributed by atoms with E-state index in [0.717, 1.165) is 24.3 Å². The molecule has 20 heavy (non-hydrogen) atoms. The second kappa shape index (κ2) is 5.44. The average Bonchev–Trinajstić information content (AvgIpc) is 3.02. The largest absolute Gasteiger partial charge is 0.492 e. The van der Waals surface area contributed by atoms with Crippen LogP contribution < -0.4 is 15.8 Å². The van der Waals surface area contributed by atoms with Crippen molar-refractivity contribution in [2.24, 2.45) is 23.5 Å². The van der Waals surface area contributed by atoms with E-state index in [0.29, 0.717) is 18.4 Å². The maximum Gasteiger partial charge on any atom is 0.229 e. The van der Waals surface area contributed by atoms with E-state index in [2.05, 4.69) is 5.32 Å². The molecule has 4 unspecified atom stereocenters. The predicted molar refractivity (Wildman–Crippen MR) is 78.5 cm³/mol. The summed E-state index contributed by atoms with van der Waals surface area (Å²) in [6, 6.07) is 7.58. The highest BCUT2D eigenvalue weighted by atomic mass is 16.5. The molecule has 1 aromatic carbocycles. The molecule has 0 spiro atoms. The standard InChI is InChI=1S/C16H22N2O2/c1-2-20-13-6-4-3-5-12(13)18-16(19)14-10-7-8-11(9-10)15(14)17/h3-6,10-11,14-15H,2,7-9,17H2,1H3,(H,18,19). The number of nitrogens with one attached hydrogen (secondary N) is 1. The molecule has 4 heteroatoms. The molecule has 4 atom stereocenters. The molecule has 0 radical (unpaired) electrons. The van der Waals surface area contributed by atoms with E-state index in [-0.39, 0.29) is 17.9 Å². The van der Waals surface area contributed by atoms with Crippen molar-refractivity contribution in [2.75, 3.05) is 11.9 Å². The quantitative estimate of drug-likeness (QED) is 0.886. The lowest BCUT2D eigenvalue weighted by atomic mass is 9.84. The lowest BCUT2D eigenvalue weighted by Gasteiger charge is -2.27. The van der Waals surface area contributed by atoms with Gasteiger partial charge in [-0.25, -0.2) is 0 Å². The van der Waals surface area contributed by atoms with Crippen LogP contribution in [-0.2, 0) is 4.79 Å². The predicted octanol–water partition coefficient (Wildman–Crippen LogP) is 2.40. The van der Waals surface area contributed by atoms with Crippen LogP contribution >= 0.6 is 0 Å². The molecule has 1 aromatic rings. The minimum atomic E-state index is -0.0385. The number of amides is 1. The molecule has 2 bridgehead atoms.